The molecule has 0 rings (SSSR count). The van der Waals surface area contributed by atoms with Crippen molar-refractivity contribution in [3.8, 4) is 0 Å². The first-order valence-electron chi connectivity index (χ1n) is 6.88. The molecule has 0 unspecified atom stereocenters. The predicted octanol–water partition coefficient (Wildman–Crippen LogP) is -1.37. The third-order valence-electron chi connectivity index (χ3n) is 2.46. The number of nitrogens with two attached hydrogens (primary N) is 1. The van der Waals surface area contributed by atoms with Crippen LogP contribution >= 0.6 is 0 Å². The van der Waals surface area contributed by atoms with Crippen molar-refractivity contribution in [1.82, 2.24) is 21.3 Å². The van der Waals surface area contributed by atoms with Gasteiger partial charge in [0, 0.05) is 39.1 Å². The Hall–Kier alpha value is -0.690. The van der Waals surface area contributed by atoms with Crippen LogP contribution in [0.3, 0.4) is 0 Å². The van der Waals surface area contributed by atoms with Crippen LogP contribution in [0.15, 0.2) is 0 Å². The van der Waals surface area contributed by atoms with Gasteiger partial charge in [-0.2, -0.15) is 0 Å². The topological polar surface area (TPSA) is 91.2 Å². The van der Waals surface area contributed by atoms with Crippen LogP contribution in [0.1, 0.15) is 19.8 Å². The molecule has 0 fully saturated rings. The Balaban J connectivity index is 2.92. The van der Waals surface area contributed by atoms with Gasteiger partial charge in [-0.15, -0.1) is 0 Å². The summed E-state index contributed by atoms with van der Waals surface area (Å²) >= 11 is 0. The van der Waals surface area contributed by atoms with Gasteiger partial charge in [-0.05, 0) is 26.1 Å². The highest BCUT2D eigenvalue weighted by molar-refractivity contribution is 5.73. The number of carbonyl (C=O) groups is 1. The third kappa shape index (κ3) is 15.3. The van der Waals surface area contributed by atoms with E-state index in [1.54, 1.807) is 0 Å². The van der Waals surface area contributed by atoms with Crippen LogP contribution in [-0.4, -0.2) is 58.3 Å². The lowest BCUT2D eigenvalue weighted by molar-refractivity contribution is -0.117. The fourth-order valence-electron chi connectivity index (χ4n) is 1.46. The standard InChI is InChI=1S/C12H29N5O/c1-2-14-5-3-6-15-8-10-17-11-9-16-7-4-12(13)18/h14-17H,2-11H2,1H3,(H2,13,18). The van der Waals surface area contributed by atoms with E-state index in [2.05, 4.69) is 28.2 Å². The minimum Gasteiger partial charge on any atom is -0.370 e. The Bertz CT molecular complexity index is 189. The van der Waals surface area contributed by atoms with Crippen LogP contribution < -0.4 is 27.0 Å². The first-order valence-corrected chi connectivity index (χ1v) is 6.88. The maximum Gasteiger partial charge on any atom is 0.218 e. The predicted molar refractivity (Wildman–Crippen MR) is 75.6 cm³/mol. The number of hydrogen-bond acceptors (Lipinski definition) is 5. The van der Waals surface area contributed by atoms with Crippen LogP contribution in [0.25, 0.3) is 0 Å². The number of carbonyl (C=O) groups excluding carboxylic acids is 1. The molecule has 0 bridgehead atoms. The van der Waals surface area contributed by atoms with Gasteiger partial charge in [0.1, 0.15) is 0 Å². The Morgan fingerprint density at radius 3 is 1.89 bits per heavy atom. The molecule has 6 N–H and O–H groups in total. The second kappa shape index (κ2) is 14.4. The second-order valence-electron chi connectivity index (χ2n) is 4.17. The van der Waals surface area contributed by atoms with E-state index in [-0.39, 0.29) is 5.91 Å². The Labute approximate surface area is 110 Å². The Morgan fingerprint density at radius 2 is 1.33 bits per heavy atom. The zero-order valence-corrected chi connectivity index (χ0v) is 11.6. The van der Waals surface area contributed by atoms with E-state index in [4.69, 9.17) is 5.73 Å². The Morgan fingerprint density at radius 1 is 0.833 bits per heavy atom. The van der Waals surface area contributed by atoms with Gasteiger partial charge in [-0.1, -0.05) is 6.92 Å². The quantitative estimate of drug-likeness (QED) is 0.248. The van der Waals surface area contributed by atoms with Gasteiger partial charge in [0.25, 0.3) is 0 Å². The number of hydrogen-bond donors (Lipinski definition) is 5. The van der Waals surface area contributed by atoms with Crippen molar-refractivity contribution in [3.05, 3.63) is 0 Å². The smallest absolute Gasteiger partial charge is 0.218 e. The molecule has 18 heavy (non-hydrogen) atoms. The minimum absolute atomic E-state index is 0.253. The lowest BCUT2D eigenvalue weighted by atomic mass is 10.4. The summed E-state index contributed by atoms with van der Waals surface area (Å²) in [4.78, 5) is 10.5. The maximum absolute atomic E-state index is 10.5. The fraction of sp³-hybridized carbons (Fsp3) is 0.917. The van der Waals surface area contributed by atoms with Gasteiger partial charge < -0.3 is 27.0 Å². The zero-order valence-electron chi connectivity index (χ0n) is 11.6. The van der Waals surface area contributed by atoms with Crippen LogP contribution in [0.5, 0.6) is 0 Å². The van der Waals surface area contributed by atoms with Crippen LogP contribution in [-0.2, 0) is 4.79 Å². The molecule has 6 heteroatoms. The summed E-state index contributed by atoms with van der Waals surface area (Å²) in [6.07, 6.45) is 1.58. The van der Waals surface area contributed by atoms with Crippen molar-refractivity contribution < 1.29 is 4.79 Å². The highest BCUT2D eigenvalue weighted by Gasteiger charge is 1.93. The monoisotopic (exact) mass is 259 g/mol. The van der Waals surface area contributed by atoms with Gasteiger partial charge in [0.05, 0.1) is 0 Å². The molecular formula is C12H29N5O. The normalized spacial score (nSPS) is 10.7. The first-order chi connectivity index (χ1) is 8.77. The third-order valence-corrected chi connectivity index (χ3v) is 2.46. The van der Waals surface area contributed by atoms with Crippen LogP contribution in [0.2, 0.25) is 0 Å². The fourth-order valence-corrected chi connectivity index (χ4v) is 1.46. The molecule has 0 aromatic carbocycles. The molecule has 0 aliphatic rings. The zero-order chi connectivity index (χ0) is 13.5. The molecule has 0 aliphatic heterocycles. The van der Waals surface area contributed by atoms with Gasteiger partial charge >= 0.3 is 0 Å². The highest BCUT2D eigenvalue weighted by Crippen LogP contribution is 1.73. The van der Waals surface area contributed by atoms with E-state index in [9.17, 15) is 4.79 Å². The highest BCUT2D eigenvalue weighted by atomic mass is 16.1. The SMILES string of the molecule is CCNCCCNCCNCCNCCC(N)=O. The largest absolute Gasteiger partial charge is 0.370 e. The van der Waals surface area contributed by atoms with Crippen molar-refractivity contribution >= 4 is 5.91 Å². The van der Waals surface area contributed by atoms with Crippen LogP contribution in [0, 0.1) is 0 Å². The van der Waals surface area contributed by atoms with E-state index >= 15 is 0 Å². The molecule has 0 aromatic rings. The summed E-state index contributed by atoms with van der Waals surface area (Å²) < 4.78 is 0. The summed E-state index contributed by atoms with van der Waals surface area (Å²) in [5, 5.41) is 13.1. The number of rotatable bonds is 14. The number of nitrogens with one attached hydrogen (secondary N) is 4. The van der Waals surface area contributed by atoms with E-state index in [1.165, 1.54) is 6.42 Å². The summed E-state index contributed by atoms with van der Waals surface area (Å²) in [5.41, 5.74) is 5.02. The molecular weight excluding hydrogens is 230 g/mol. The van der Waals surface area contributed by atoms with E-state index < -0.39 is 0 Å². The molecule has 0 heterocycles. The molecule has 6 nitrogen and oxygen atoms in total. The van der Waals surface area contributed by atoms with Gasteiger partial charge in [0.15, 0.2) is 0 Å². The lowest BCUT2D eigenvalue weighted by Gasteiger charge is -2.07. The molecule has 0 saturated heterocycles. The summed E-state index contributed by atoms with van der Waals surface area (Å²) in [5.74, 6) is -0.253. The number of amides is 1. The van der Waals surface area contributed by atoms with Crippen molar-refractivity contribution in [2.75, 3.05) is 52.4 Å². The molecule has 0 spiro atoms. The summed E-state index contributed by atoms with van der Waals surface area (Å²) in [6.45, 7) is 9.72. The number of primary amides is 1. The van der Waals surface area contributed by atoms with Crippen molar-refractivity contribution in [1.29, 1.82) is 0 Å². The molecule has 0 aromatic heterocycles. The minimum atomic E-state index is -0.253. The summed E-state index contributed by atoms with van der Waals surface area (Å²) in [6, 6.07) is 0. The van der Waals surface area contributed by atoms with Crippen LogP contribution in [0.4, 0.5) is 0 Å². The van der Waals surface area contributed by atoms with E-state index in [0.717, 1.165) is 45.8 Å². The van der Waals surface area contributed by atoms with Gasteiger partial charge in [-0.25, -0.2) is 0 Å². The molecule has 0 aliphatic carbocycles. The van der Waals surface area contributed by atoms with E-state index in [1.807, 2.05) is 0 Å². The molecule has 1 amide bonds. The summed E-state index contributed by atoms with van der Waals surface area (Å²) in [7, 11) is 0. The molecule has 0 atom stereocenters. The second-order valence-corrected chi connectivity index (χ2v) is 4.17. The molecule has 0 saturated carbocycles. The van der Waals surface area contributed by atoms with Crippen molar-refractivity contribution in [2.24, 2.45) is 5.73 Å². The van der Waals surface area contributed by atoms with Gasteiger partial charge in [0.2, 0.25) is 5.91 Å². The van der Waals surface area contributed by atoms with Crippen molar-refractivity contribution in [2.45, 2.75) is 19.8 Å². The molecule has 108 valence electrons. The van der Waals surface area contributed by atoms with Crippen molar-refractivity contribution in [3.63, 3.8) is 0 Å². The van der Waals surface area contributed by atoms with Gasteiger partial charge in [-0.3, -0.25) is 4.79 Å². The average Bonchev–Trinajstić information content (AvgIpc) is 2.34. The van der Waals surface area contributed by atoms with E-state index in [0.29, 0.717) is 13.0 Å². The maximum atomic E-state index is 10.5. The Kier molecular flexibility index (Phi) is 13.8. The molecule has 0 radical (unpaired) electrons. The first kappa shape index (κ1) is 17.3. The average molecular weight is 259 g/mol. The lowest BCUT2D eigenvalue weighted by Crippen LogP contribution is -2.34.